The van der Waals surface area contributed by atoms with Crippen molar-refractivity contribution in [3.8, 4) is 0 Å². The third-order valence-corrected chi connectivity index (χ3v) is 7.02. The third kappa shape index (κ3) is 8.30. The van der Waals surface area contributed by atoms with Crippen molar-refractivity contribution in [2.24, 2.45) is 5.73 Å². The molecule has 0 saturated heterocycles. The molecule has 0 aliphatic heterocycles. The van der Waals surface area contributed by atoms with Gasteiger partial charge in [-0.2, -0.15) is 0 Å². The quantitative estimate of drug-likeness (QED) is 0.229. The molecule has 1 aliphatic rings. The van der Waals surface area contributed by atoms with Crippen LogP contribution in [0.25, 0.3) is 12.2 Å². The number of carboxylic acids is 1. The summed E-state index contributed by atoms with van der Waals surface area (Å²) in [6.07, 6.45) is 7.77. The maximum absolute atomic E-state index is 12.4. The van der Waals surface area contributed by atoms with Gasteiger partial charge < -0.3 is 31.5 Å². The van der Waals surface area contributed by atoms with Crippen LogP contribution in [0.4, 0.5) is 5.69 Å². The highest BCUT2D eigenvalue weighted by Crippen LogP contribution is 2.36. The first-order chi connectivity index (χ1) is 18.3. The number of carboxylic acid groups (broad SMARTS) is 1. The highest BCUT2D eigenvalue weighted by atomic mass is 32.1. The molecule has 2 aromatic carbocycles. The zero-order chi connectivity index (χ0) is 27.5. The summed E-state index contributed by atoms with van der Waals surface area (Å²) in [6.45, 7) is -1.21. The second-order valence-electron chi connectivity index (χ2n) is 9.22. The van der Waals surface area contributed by atoms with Gasteiger partial charge in [0.15, 0.2) is 0 Å². The summed E-state index contributed by atoms with van der Waals surface area (Å²) in [5, 5.41) is 40.3. The Bertz CT molecular complexity index is 1240. The number of aromatic carboxylic acids is 1. The van der Waals surface area contributed by atoms with Crippen LogP contribution in [0.15, 0.2) is 53.9 Å². The Labute approximate surface area is 225 Å². The molecule has 1 fully saturated rings. The van der Waals surface area contributed by atoms with Crippen molar-refractivity contribution in [3.05, 3.63) is 81.3 Å². The molecule has 0 atom stereocenters. The Morgan fingerprint density at radius 3 is 2.37 bits per heavy atom. The molecular formula is C28H33N3O6S. The maximum atomic E-state index is 12.4. The number of aliphatic hydroxyl groups excluding tert-OH is 3. The molecule has 1 heterocycles. The normalized spacial score (nSPS) is 13.5. The number of benzene rings is 2. The Morgan fingerprint density at radius 1 is 1.05 bits per heavy atom. The second kappa shape index (κ2) is 13.9. The zero-order valence-electron chi connectivity index (χ0n) is 20.9. The standard InChI is InChI=1S/C24H22N2O3S.C4H11NO3/c27-22(14-18-6-1-2-10-20(18)24(28)29)25-19-9-3-5-16(13-19)11-12-23-26-21(15-30-23)17-7-4-8-17;5-4(1-6,2-7)3-8/h1-3,5-6,9-13,15,17H,4,7-8,14H2,(H,25,27)(H,28,29);6-8H,1-3,5H2/b12-11+;. The number of aliphatic hydroxyl groups is 3. The predicted molar refractivity (Wildman–Crippen MR) is 148 cm³/mol. The lowest BCUT2D eigenvalue weighted by Crippen LogP contribution is -2.50. The van der Waals surface area contributed by atoms with Gasteiger partial charge in [-0.1, -0.05) is 42.8 Å². The molecule has 202 valence electrons. The zero-order valence-corrected chi connectivity index (χ0v) is 21.7. The molecule has 10 heteroatoms. The Balaban J connectivity index is 0.000000436. The number of hydrogen-bond acceptors (Lipinski definition) is 8. The molecule has 0 bridgehead atoms. The van der Waals surface area contributed by atoms with Crippen LogP contribution in [0, 0.1) is 0 Å². The smallest absolute Gasteiger partial charge is 0.335 e. The summed E-state index contributed by atoms with van der Waals surface area (Å²) in [4.78, 5) is 28.4. The number of carbonyl (C=O) groups excluding carboxylic acids is 1. The molecule has 3 aromatic rings. The van der Waals surface area contributed by atoms with Crippen molar-refractivity contribution >= 4 is 41.1 Å². The fourth-order valence-electron chi connectivity index (χ4n) is 3.57. The van der Waals surface area contributed by atoms with Gasteiger partial charge in [0.2, 0.25) is 5.91 Å². The summed E-state index contributed by atoms with van der Waals surface area (Å²) < 4.78 is 0. The van der Waals surface area contributed by atoms with E-state index in [4.69, 9.17) is 26.0 Å². The van der Waals surface area contributed by atoms with Gasteiger partial charge in [0, 0.05) is 17.0 Å². The Kier molecular flexibility index (Phi) is 10.7. The van der Waals surface area contributed by atoms with Crippen LogP contribution in [-0.4, -0.2) is 62.6 Å². The summed E-state index contributed by atoms with van der Waals surface area (Å²) in [5.74, 6) is -0.656. The summed E-state index contributed by atoms with van der Waals surface area (Å²) in [5.41, 5.74) is 7.41. The highest BCUT2D eigenvalue weighted by molar-refractivity contribution is 7.10. The number of anilines is 1. The van der Waals surface area contributed by atoms with Crippen LogP contribution < -0.4 is 11.1 Å². The van der Waals surface area contributed by atoms with Crippen LogP contribution in [-0.2, 0) is 11.2 Å². The average molecular weight is 540 g/mol. The van der Waals surface area contributed by atoms with Crippen molar-refractivity contribution < 1.29 is 30.0 Å². The number of hydrogen-bond donors (Lipinski definition) is 6. The number of carbonyl (C=O) groups is 2. The average Bonchev–Trinajstić information content (AvgIpc) is 3.35. The van der Waals surface area contributed by atoms with Crippen molar-refractivity contribution in [3.63, 3.8) is 0 Å². The number of nitrogens with two attached hydrogens (primary N) is 1. The minimum absolute atomic E-state index is 0.00555. The van der Waals surface area contributed by atoms with Crippen LogP contribution in [0.2, 0.25) is 0 Å². The Morgan fingerprint density at radius 2 is 1.76 bits per heavy atom. The lowest BCUT2D eigenvalue weighted by atomic mass is 9.83. The van der Waals surface area contributed by atoms with E-state index in [9.17, 15) is 14.7 Å². The van der Waals surface area contributed by atoms with Gasteiger partial charge in [-0.3, -0.25) is 4.79 Å². The minimum atomic E-state index is -1.21. The minimum Gasteiger partial charge on any atom is -0.478 e. The van der Waals surface area contributed by atoms with E-state index in [0.717, 1.165) is 10.6 Å². The van der Waals surface area contributed by atoms with Gasteiger partial charge in [0.05, 0.1) is 43.0 Å². The van der Waals surface area contributed by atoms with E-state index in [1.54, 1.807) is 29.5 Å². The molecule has 1 saturated carbocycles. The summed E-state index contributed by atoms with van der Waals surface area (Å²) in [6, 6.07) is 14.1. The Hall–Kier alpha value is -3.41. The monoisotopic (exact) mass is 539 g/mol. The summed E-state index contributed by atoms with van der Waals surface area (Å²) >= 11 is 1.65. The van der Waals surface area contributed by atoms with E-state index in [0.29, 0.717) is 17.2 Å². The summed E-state index contributed by atoms with van der Waals surface area (Å²) in [7, 11) is 0. The van der Waals surface area contributed by atoms with Crippen LogP contribution in [0.1, 0.15) is 57.4 Å². The molecule has 38 heavy (non-hydrogen) atoms. The topological polar surface area (TPSA) is 166 Å². The molecule has 0 spiro atoms. The van der Waals surface area contributed by atoms with Crippen LogP contribution in [0.5, 0.6) is 0 Å². The van der Waals surface area contributed by atoms with E-state index in [1.807, 2.05) is 36.4 Å². The molecule has 7 N–H and O–H groups in total. The lowest BCUT2D eigenvalue weighted by molar-refractivity contribution is -0.115. The second-order valence-corrected chi connectivity index (χ2v) is 10.1. The first-order valence-corrected chi connectivity index (χ1v) is 13.1. The first-order valence-electron chi connectivity index (χ1n) is 12.2. The van der Waals surface area contributed by atoms with Crippen molar-refractivity contribution in [1.29, 1.82) is 0 Å². The lowest BCUT2D eigenvalue weighted by Gasteiger charge is -2.22. The fourth-order valence-corrected chi connectivity index (χ4v) is 4.36. The highest BCUT2D eigenvalue weighted by Gasteiger charge is 2.22. The molecular weight excluding hydrogens is 506 g/mol. The van der Waals surface area contributed by atoms with E-state index >= 15 is 0 Å². The number of rotatable bonds is 10. The molecule has 1 amide bonds. The molecule has 4 rings (SSSR count). The van der Waals surface area contributed by atoms with Gasteiger partial charge >= 0.3 is 5.97 Å². The number of nitrogens with one attached hydrogen (secondary N) is 1. The van der Waals surface area contributed by atoms with Gasteiger partial charge in [-0.15, -0.1) is 11.3 Å². The molecule has 1 aliphatic carbocycles. The van der Waals surface area contributed by atoms with Gasteiger partial charge in [-0.05, 0) is 48.2 Å². The van der Waals surface area contributed by atoms with Gasteiger partial charge in [-0.25, -0.2) is 9.78 Å². The van der Waals surface area contributed by atoms with Crippen molar-refractivity contribution in [2.75, 3.05) is 25.1 Å². The largest absolute Gasteiger partial charge is 0.478 e. The van der Waals surface area contributed by atoms with Crippen LogP contribution >= 0.6 is 11.3 Å². The molecule has 0 radical (unpaired) electrons. The number of aromatic nitrogens is 1. The predicted octanol–water partition coefficient (Wildman–Crippen LogP) is 3.12. The van der Waals surface area contributed by atoms with Crippen molar-refractivity contribution in [2.45, 2.75) is 37.1 Å². The van der Waals surface area contributed by atoms with E-state index in [-0.39, 0.29) is 17.9 Å². The number of thiazole rings is 1. The van der Waals surface area contributed by atoms with Crippen molar-refractivity contribution in [1.82, 2.24) is 4.98 Å². The SMILES string of the molecule is NC(CO)(CO)CO.O=C(Cc1ccccc1C(=O)O)Nc1cccc(/C=C/c2nc(C3CCC3)cs2)c1. The fraction of sp³-hybridized carbons (Fsp3) is 0.321. The third-order valence-electron chi connectivity index (χ3n) is 6.20. The van der Waals surface area contributed by atoms with E-state index < -0.39 is 31.3 Å². The molecule has 1 aromatic heterocycles. The van der Waals surface area contributed by atoms with E-state index in [2.05, 4.69) is 10.7 Å². The van der Waals surface area contributed by atoms with Gasteiger partial charge in [0.25, 0.3) is 0 Å². The van der Waals surface area contributed by atoms with E-state index in [1.165, 1.54) is 31.0 Å². The maximum Gasteiger partial charge on any atom is 0.335 e. The number of nitrogens with zero attached hydrogens (tertiary/aromatic N) is 1. The van der Waals surface area contributed by atoms with Gasteiger partial charge in [0.1, 0.15) is 5.01 Å². The first kappa shape index (κ1) is 29.2. The molecule has 9 nitrogen and oxygen atoms in total. The molecule has 0 unspecified atom stereocenters. The number of amides is 1. The van der Waals surface area contributed by atoms with Crippen LogP contribution in [0.3, 0.4) is 0 Å².